The van der Waals surface area contributed by atoms with E-state index in [-0.39, 0.29) is 18.0 Å². The van der Waals surface area contributed by atoms with Gasteiger partial charge < -0.3 is 5.73 Å². The van der Waals surface area contributed by atoms with Crippen molar-refractivity contribution >= 4 is 22.6 Å². The van der Waals surface area contributed by atoms with Crippen LogP contribution < -0.4 is 11.4 Å². The number of nitrogen functional groups attached to an aromatic ring is 1. The fourth-order valence-electron chi connectivity index (χ4n) is 2.56. The summed E-state index contributed by atoms with van der Waals surface area (Å²) in [7, 11) is 1.65. The van der Waals surface area contributed by atoms with E-state index in [0.29, 0.717) is 16.7 Å². The van der Waals surface area contributed by atoms with Gasteiger partial charge in [0, 0.05) is 12.7 Å². The number of hydrogen-bond acceptors (Lipinski definition) is 3. The highest BCUT2D eigenvalue weighted by atomic mass is 16.2. The first-order valence-electron chi connectivity index (χ1n) is 7.03. The monoisotopic (exact) mass is 295 g/mol. The number of aryl methyl sites for hydroxylation is 2. The second kappa shape index (κ2) is 5.18. The predicted octanol–water partition coefficient (Wildman–Crippen LogP) is 2.11. The second-order valence-electron chi connectivity index (χ2n) is 5.48. The summed E-state index contributed by atoms with van der Waals surface area (Å²) in [6.07, 6.45) is 0.175. The molecule has 112 valence electrons. The quantitative estimate of drug-likeness (QED) is 0.736. The van der Waals surface area contributed by atoms with Crippen molar-refractivity contribution in [1.82, 2.24) is 9.13 Å². The third kappa shape index (κ3) is 2.30. The van der Waals surface area contributed by atoms with Gasteiger partial charge in [-0.1, -0.05) is 29.8 Å². The molecule has 2 aromatic carbocycles. The molecular weight excluding hydrogens is 278 g/mol. The zero-order chi connectivity index (χ0) is 15.9. The van der Waals surface area contributed by atoms with E-state index in [0.717, 1.165) is 11.1 Å². The Hall–Kier alpha value is -2.82. The molecule has 0 aliphatic carbocycles. The van der Waals surface area contributed by atoms with E-state index in [9.17, 15) is 9.59 Å². The summed E-state index contributed by atoms with van der Waals surface area (Å²) in [5, 5.41) is 0. The largest absolute Gasteiger partial charge is 0.399 e. The van der Waals surface area contributed by atoms with Crippen LogP contribution >= 0.6 is 0 Å². The summed E-state index contributed by atoms with van der Waals surface area (Å²) in [5.41, 5.74) is 9.21. The molecule has 1 heterocycles. The first-order chi connectivity index (χ1) is 10.5. The number of nitrogens with zero attached hydrogens (tertiary/aromatic N) is 2. The number of fused-ring (bicyclic) bond motifs is 1. The number of rotatable bonds is 2. The van der Waals surface area contributed by atoms with E-state index in [1.807, 2.05) is 31.2 Å². The molecule has 5 heteroatoms. The van der Waals surface area contributed by atoms with Crippen LogP contribution in [0.4, 0.5) is 5.69 Å². The maximum atomic E-state index is 12.6. The third-order valence-corrected chi connectivity index (χ3v) is 3.81. The van der Waals surface area contributed by atoms with E-state index in [2.05, 4.69) is 0 Å². The number of benzene rings is 2. The molecule has 0 spiro atoms. The highest BCUT2D eigenvalue weighted by Gasteiger charge is 2.17. The zero-order valence-electron chi connectivity index (χ0n) is 12.5. The summed E-state index contributed by atoms with van der Waals surface area (Å²) < 4.78 is 2.66. The Morgan fingerprint density at radius 3 is 2.45 bits per heavy atom. The minimum absolute atomic E-state index is 0.175. The van der Waals surface area contributed by atoms with Gasteiger partial charge in [0.2, 0.25) is 5.91 Å². The number of imidazole rings is 1. The predicted molar refractivity (Wildman–Crippen MR) is 87.1 cm³/mol. The van der Waals surface area contributed by atoms with Gasteiger partial charge in [0.1, 0.15) is 0 Å². The van der Waals surface area contributed by atoms with Crippen molar-refractivity contribution in [2.45, 2.75) is 13.3 Å². The number of aromatic nitrogens is 2. The van der Waals surface area contributed by atoms with Crippen LogP contribution in [0.3, 0.4) is 0 Å². The first kappa shape index (κ1) is 14.1. The molecule has 0 saturated carbocycles. The van der Waals surface area contributed by atoms with E-state index < -0.39 is 0 Å². The highest BCUT2D eigenvalue weighted by molar-refractivity contribution is 5.92. The molecule has 0 aliphatic rings. The van der Waals surface area contributed by atoms with Gasteiger partial charge in [0.15, 0.2) is 0 Å². The summed E-state index contributed by atoms with van der Waals surface area (Å²) in [6, 6.07) is 12.8. The Kier molecular flexibility index (Phi) is 3.33. The molecule has 3 rings (SSSR count). The molecule has 0 unspecified atom stereocenters. The highest BCUT2D eigenvalue weighted by Crippen LogP contribution is 2.16. The second-order valence-corrected chi connectivity index (χ2v) is 5.48. The van der Waals surface area contributed by atoms with Crippen LogP contribution in [0.15, 0.2) is 47.3 Å². The number of nitrogens with two attached hydrogens (primary N) is 1. The minimum atomic E-state index is -0.349. The van der Waals surface area contributed by atoms with Gasteiger partial charge in [0.05, 0.1) is 17.5 Å². The molecular formula is C17H17N3O2. The lowest BCUT2D eigenvalue weighted by atomic mass is 10.1. The Bertz CT molecular complexity index is 917. The van der Waals surface area contributed by atoms with Crippen LogP contribution in [-0.4, -0.2) is 15.0 Å². The molecule has 5 nitrogen and oxygen atoms in total. The van der Waals surface area contributed by atoms with Crippen molar-refractivity contribution < 1.29 is 4.79 Å². The molecule has 0 saturated heterocycles. The molecule has 3 aromatic rings. The molecule has 0 fully saturated rings. The van der Waals surface area contributed by atoms with Gasteiger partial charge in [-0.2, -0.15) is 0 Å². The smallest absolute Gasteiger partial charge is 0.335 e. The maximum Gasteiger partial charge on any atom is 0.335 e. The van der Waals surface area contributed by atoms with Crippen molar-refractivity contribution in [3.05, 3.63) is 64.1 Å². The van der Waals surface area contributed by atoms with E-state index >= 15 is 0 Å². The van der Waals surface area contributed by atoms with Gasteiger partial charge in [-0.15, -0.1) is 0 Å². The van der Waals surface area contributed by atoms with Gasteiger partial charge in [-0.25, -0.2) is 9.36 Å². The standard InChI is InChI=1S/C17H17N3O2/c1-11-3-5-12(6-4-11)9-16(21)20-15-10-13(18)7-8-14(15)19(2)17(20)22/h3-8,10H,9,18H2,1-2H3. The Balaban J connectivity index is 2.07. The zero-order valence-corrected chi connectivity index (χ0v) is 12.5. The van der Waals surface area contributed by atoms with Gasteiger partial charge in [-0.3, -0.25) is 9.36 Å². The van der Waals surface area contributed by atoms with Crippen molar-refractivity contribution in [2.75, 3.05) is 5.73 Å². The summed E-state index contributed by atoms with van der Waals surface area (Å²) in [4.78, 5) is 24.9. The van der Waals surface area contributed by atoms with Crippen LogP contribution in [0.25, 0.3) is 11.0 Å². The topological polar surface area (TPSA) is 70.0 Å². The maximum absolute atomic E-state index is 12.6. The van der Waals surface area contributed by atoms with Gasteiger partial charge >= 0.3 is 5.69 Å². The number of anilines is 1. The lowest BCUT2D eigenvalue weighted by molar-refractivity contribution is 0.0914. The van der Waals surface area contributed by atoms with Crippen molar-refractivity contribution in [3.8, 4) is 0 Å². The van der Waals surface area contributed by atoms with Gasteiger partial charge in [0.25, 0.3) is 0 Å². The third-order valence-electron chi connectivity index (χ3n) is 3.81. The Morgan fingerprint density at radius 1 is 1.09 bits per heavy atom. The fraction of sp³-hybridized carbons (Fsp3) is 0.176. The van der Waals surface area contributed by atoms with Crippen LogP contribution in [0.5, 0.6) is 0 Å². The van der Waals surface area contributed by atoms with Gasteiger partial charge in [-0.05, 0) is 30.7 Å². The molecule has 1 aromatic heterocycles. The summed E-state index contributed by atoms with van der Waals surface area (Å²) in [5.74, 6) is -0.259. The van der Waals surface area contributed by atoms with Crippen LogP contribution in [0.2, 0.25) is 0 Å². The molecule has 2 N–H and O–H groups in total. The van der Waals surface area contributed by atoms with Crippen molar-refractivity contribution in [3.63, 3.8) is 0 Å². The van der Waals surface area contributed by atoms with E-state index in [1.165, 1.54) is 9.13 Å². The Morgan fingerprint density at radius 2 is 1.77 bits per heavy atom. The average molecular weight is 295 g/mol. The summed E-state index contributed by atoms with van der Waals surface area (Å²) in [6.45, 7) is 1.99. The minimum Gasteiger partial charge on any atom is -0.399 e. The lowest BCUT2D eigenvalue weighted by Crippen LogP contribution is -2.28. The van der Waals surface area contributed by atoms with Crippen LogP contribution in [-0.2, 0) is 13.5 Å². The Labute approximate surface area is 127 Å². The van der Waals surface area contributed by atoms with Crippen LogP contribution in [0.1, 0.15) is 15.9 Å². The SMILES string of the molecule is Cc1ccc(CC(=O)n2c(=O)n(C)c3ccc(N)cc32)cc1. The molecule has 22 heavy (non-hydrogen) atoms. The number of carbonyl (C=O) groups is 1. The van der Waals surface area contributed by atoms with Crippen LogP contribution in [0, 0.1) is 6.92 Å². The molecule has 0 bridgehead atoms. The number of hydrogen-bond donors (Lipinski definition) is 1. The molecule has 0 aliphatic heterocycles. The average Bonchev–Trinajstić information content (AvgIpc) is 2.73. The van der Waals surface area contributed by atoms with E-state index in [1.54, 1.807) is 25.2 Å². The normalized spacial score (nSPS) is 11.0. The van der Waals surface area contributed by atoms with Crippen molar-refractivity contribution in [1.29, 1.82) is 0 Å². The first-order valence-corrected chi connectivity index (χ1v) is 7.03. The van der Waals surface area contributed by atoms with Crippen molar-refractivity contribution in [2.24, 2.45) is 7.05 Å². The fourth-order valence-corrected chi connectivity index (χ4v) is 2.56. The summed E-state index contributed by atoms with van der Waals surface area (Å²) >= 11 is 0. The molecule has 0 amide bonds. The number of carbonyl (C=O) groups excluding carboxylic acids is 1. The molecule has 0 radical (unpaired) electrons. The lowest BCUT2D eigenvalue weighted by Gasteiger charge is -2.04. The van der Waals surface area contributed by atoms with E-state index in [4.69, 9.17) is 5.73 Å². The molecule has 0 atom stereocenters.